The summed E-state index contributed by atoms with van der Waals surface area (Å²) in [7, 11) is 0. The molecule has 0 bridgehead atoms. The second-order valence-corrected chi connectivity index (χ2v) is 4.40. The zero-order chi connectivity index (χ0) is 13.8. The van der Waals surface area contributed by atoms with Gasteiger partial charge < -0.3 is 14.4 Å². The van der Waals surface area contributed by atoms with Crippen LogP contribution in [0.4, 0.5) is 4.39 Å². The number of nitrogens with zero attached hydrogens (tertiary/aromatic N) is 2. The Balaban J connectivity index is 2.05. The summed E-state index contributed by atoms with van der Waals surface area (Å²) in [5, 5.41) is 12.9. The van der Waals surface area contributed by atoms with Crippen molar-refractivity contribution in [2.45, 2.75) is 33.0 Å². The molecule has 0 aliphatic heterocycles. The van der Waals surface area contributed by atoms with Gasteiger partial charge in [0, 0.05) is 11.5 Å². The highest BCUT2D eigenvalue weighted by molar-refractivity contribution is 5.33. The molecule has 102 valence electrons. The van der Waals surface area contributed by atoms with Crippen LogP contribution in [0.25, 0.3) is 0 Å². The maximum Gasteiger partial charge on any atom is 0.229 e. The number of hydrogen-bond acceptors (Lipinski definition) is 5. The van der Waals surface area contributed by atoms with E-state index in [0.717, 1.165) is 0 Å². The second-order valence-electron chi connectivity index (χ2n) is 4.40. The maximum absolute atomic E-state index is 13.0. The maximum atomic E-state index is 13.0. The first kappa shape index (κ1) is 13.5. The average Bonchev–Trinajstić information content (AvgIpc) is 2.86. The van der Waals surface area contributed by atoms with E-state index in [1.807, 2.05) is 13.8 Å². The van der Waals surface area contributed by atoms with Crippen LogP contribution in [0.2, 0.25) is 0 Å². The van der Waals surface area contributed by atoms with Crippen molar-refractivity contribution in [1.29, 1.82) is 0 Å². The van der Waals surface area contributed by atoms with E-state index in [9.17, 15) is 4.39 Å². The fraction of sp³-hybridized carbons (Fsp3) is 0.385. The SMILES string of the molecule is CC(C)c1nc(COc2ccc(F)cc2CO)no1. The molecule has 0 radical (unpaired) electrons. The van der Waals surface area contributed by atoms with E-state index in [4.69, 9.17) is 14.4 Å². The molecule has 0 atom stereocenters. The molecule has 0 aliphatic rings. The van der Waals surface area contributed by atoms with Crippen LogP contribution in [-0.4, -0.2) is 15.2 Å². The Morgan fingerprint density at radius 2 is 2.21 bits per heavy atom. The summed E-state index contributed by atoms with van der Waals surface area (Å²) < 4.78 is 23.5. The van der Waals surface area contributed by atoms with Gasteiger partial charge in [0.15, 0.2) is 6.61 Å². The average molecular weight is 266 g/mol. The molecule has 1 aromatic heterocycles. The molecule has 19 heavy (non-hydrogen) atoms. The molecule has 0 amide bonds. The van der Waals surface area contributed by atoms with Gasteiger partial charge in [-0.25, -0.2) is 4.39 Å². The number of aliphatic hydroxyl groups is 1. The minimum Gasteiger partial charge on any atom is -0.485 e. The summed E-state index contributed by atoms with van der Waals surface area (Å²) in [6.45, 7) is 3.70. The molecule has 1 N–H and O–H groups in total. The third kappa shape index (κ3) is 3.29. The Bertz CT molecular complexity index is 555. The summed E-state index contributed by atoms with van der Waals surface area (Å²) >= 11 is 0. The van der Waals surface area contributed by atoms with Crippen LogP contribution in [-0.2, 0) is 13.2 Å². The predicted octanol–water partition coefficient (Wildman–Crippen LogP) is 2.40. The first-order valence-electron chi connectivity index (χ1n) is 5.94. The summed E-state index contributed by atoms with van der Waals surface area (Å²) in [4.78, 5) is 4.16. The molecule has 0 saturated heterocycles. The topological polar surface area (TPSA) is 68.4 Å². The molecule has 1 heterocycles. The number of aromatic nitrogens is 2. The van der Waals surface area contributed by atoms with Crippen molar-refractivity contribution in [1.82, 2.24) is 10.1 Å². The smallest absolute Gasteiger partial charge is 0.229 e. The van der Waals surface area contributed by atoms with Crippen molar-refractivity contribution in [2.24, 2.45) is 0 Å². The van der Waals surface area contributed by atoms with Crippen LogP contribution in [0.15, 0.2) is 22.7 Å². The predicted molar refractivity (Wildman–Crippen MR) is 65.0 cm³/mol. The molecule has 0 unspecified atom stereocenters. The van der Waals surface area contributed by atoms with Crippen LogP contribution < -0.4 is 4.74 Å². The Morgan fingerprint density at radius 1 is 1.42 bits per heavy atom. The van der Waals surface area contributed by atoms with Gasteiger partial charge in [0.1, 0.15) is 11.6 Å². The number of aliphatic hydroxyl groups excluding tert-OH is 1. The highest BCUT2D eigenvalue weighted by atomic mass is 19.1. The minimum absolute atomic E-state index is 0.106. The van der Waals surface area contributed by atoms with E-state index >= 15 is 0 Å². The van der Waals surface area contributed by atoms with Crippen LogP contribution in [0.5, 0.6) is 5.75 Å². The zero-order valence-electron chi connectivity index (χ0n) is 10.8. The van der Waals surface area contributed by atoms with E-state index in [0.29, 0.717) is 23.0 Å². The van der Waals surface area contributed by atoms with Crippen molar-refractivity contribution >= 4 is 0 Å². The number of ether oxygens (including phenoxy) is 1. The highest BCUT2D eigenvalue weighted by Crippen LogP contribution is 2.21. The lowest BCUT2D eigenvalue weighted by atomic mass is 10.2. The third-order valence-electron chi connectivity index (χ3n) is 2.53. The van der Waals surface area contributed by atoms with E-state index in [2.05, 4.69) is 10.1 Å². The van der Waals surface area contributed by atoms with Crippen molar-refractivity contribution in [3.63, 3.8) is 0 Å². The van der Waals surface area contributed by atoms with Gasteiger partial charge in [0.05, 0.1) is 6.61 Å². The Kier molecular flexibility index (Phi) is 4.11. The van der Waals surface area contributed by atoms with Gasteiger partial charge in [0.25, 0.3) is 0 Å². The third-order valence-corrected chi connectivity index (χ3v) is 2.53. The van der Waals surface area contributed by atoms with Gasteiger partial charge in [-0.2, -0.15) is 4.98 Å². The fourth-order valence-corrected chi connectivity index (χ4v) is 1.52. The first-order chi connectivity index (χ1) is 9.10. The Morgan fingerprint density at radius 3 is 2.84 bits per heavy atom. The van der Waals surface area contributed by atoms with Crippen molar-refractivity contribution in [3.8, 4) is 5.75 Å². The van der Waals surface area contributed by atoms with Gasteiger partial charge in [-0.15, -0.1) is 0 Å². The van der Waals surface area contributed by atoms with Crippen LogP contribution in [0.1, 0.15) is 37.0 Å². The molecule has 2 rings (SSSR count). The monoisotopic (exact) mass is 266 g/mol. The van der Waals surface area contributed by atoms with Crippen LogP contribution >= 0.6 is 0 Å². The van der Waals surface area contributed by atoms with Gasteiger partial charge in [0.2, 0.25) is 11.7 Å². The molecule has 1 aromatic carbocycles. The normalized spacial score (nSPS) is 11.0. The molecule has 5 nitrogen and oxygen atoms in total. The quantitative estimate of drug-likeness (QED) is 0.900. The first-order valence-corrected chi connectivity index (χ1v) is 5.94. The van der Waals surface area contributed by atoms with Crippen molar-refractivity contribution < 1.29 is 18.8 Å². The number of hydrogen-bond donors (Lipinski definition) is 1. The summed E-state index contributed by atoms with van der Waals surface area (Å²) in [5.74, 6) is 1.09. The molecule has 0 fully saturated rings. The Hall–Kier alpha value is -1.95. The summed E-state index contributed by atoms with van der Waals surface area (Å²) in [5.41, 5.74) is 0.382. The van der Waals surface area contributed by atoms with E-state index < -0.39 is 5.82 Å². The van der Waals surface area contributed by atoms with Crippen LogP contribution in [0, 0.1) is 5.82 Å². The molecule has 0 spiro atoms. The van der Waals surface area contributed by atoms with Crippen molar-refractivity contribution in [3.05, 3.63) is 41.3 Å². The number of rotatable bonds is 5. The van der Waals surface area contributed by atoms with Crippen LogP contribution in [0.3, 0.4) is 0 Å². The highest BCUT2D eigenvalue weighted by Gasteiger charge is 2.11. The van der Waals surface area contributed by atoms with Gasteiger partial charge in [-0.05, 0) is 18.2 Å². The summed E-state index contributed by atoms with van der Waals surface area (Å²) in [6, 6.07) is 3.96. The number of halogens is 1. The van der Waals surface area contributed by atoms with Crippen molar-refractivity contribution in [2.75, 3.05) is 0 Å². The number of benzene rings is 1. The zero-order valence-corrected chi connectivity index (χ0v) is 10.8. The molecule has 6 heteroatoms. The standard InChI is InChI=1S/C13H15FN2O3/c1-8(2)13-15-12(16-19-13)7-18-11-4-3-10(14)5-9(11)6-17/h3-5,8,17H,6-7H2,1-2H3. The molecular formula is C13H15FN2O3. The molecule has 0 saturated carbocycles. The van der Waals surface area contributed by atoms with E-state index in [1.165, 1.54) is 18.2 Å². The lowest BCUT2D eigenvalue weighted by Crippen LogP contribution is -2.01. The molecule has 2 aromatic rings. The second kappa shape index (κ2) is 5.79. The van der Waals surface area contributed by atoms with Gasteiger partial charge >= 0.3 is 0 Å². The van der Waals surface area contributed by atoms with E-state index in [-0.39, 0.29) is 19.1 Å². The Labute approximate surface area is 110 Å². The molecular weight excluding hydrogens is 251 g/mol. The fourth-order valence-electron chi connectivity index (χ4n) is 1.52. The molecule has 0 aliphatic carbocycles. The van der Waals surface area contributed by atoms with E-state index in [1.54, 1.807) is 0 Å². The summed E-state index contributed by atoms with van der Waals surface area (Å²) in [6.07, 6.45) is 0. The lowest BCUT2D eigenvalue weighted by Gasteiger charge is -2.08. The van der Waals surface area contributed by atoms with Gasteiger partial charge in [-0.3, -0.25) is 0 Å². The minimum atomic E-state index is -0.418. The van der Waals surface area contributed by atoms with Gasteiger partial charge in [-0.1, -0.05) is 19.0 Å². The lowest BCUT2D eigenvalue weighted by molar-refractivity contribution is 0.252. The largest absolute Gasteiger partial charge is 0.485 e.